The summed E-state index contributed by atoms with van der Waals surface area (Å²) in [6, 6.07) is 3.65. The van der Waals surface area contributed by atoms with E-state index in [0.717, 1.165) is 10.0 Å². The molecule has 68 valence electrons. The first kappa shape index (κ1) is 8.72. The third-order valence-electron chi connectivity index (χ3n) is 2.06. The van der Waals surface area contributed by atoms with Crippen molar-refractivity contribution in [2.24, 2.45) is 0 Å². The van der Waals surface area contributed by atoms with Crippen molar-refractivity contribution in [3.05, 3.63) is 33.3 Å². The molecular weight excluding hydrogens is 234 g/mol. The molecule has 0 radical (unpaired) electrons. The summed E-state index contributed by atoms with van der Waals surface area (Å²) in [6.45, 7) is 1.91. The fraction of sp³-hybridized carbons (Fsp3) is 0.222. The number of benzene rings is 1. The third-order valence-corrected chi connectivity index (χ3v) is 2.72. The zero-order valence-electron chi connectivity index (χ0n) is 6.97. The number of aliphatic hydroxyl groups is 1. The second kappa shape index (κ2) is 2.82. The molecule has 1 unspecified atom stereocenters. The average Bonchev–Trinajstić information content (AvgIpc) is 2.27. The lowest BCUT2D eigenvalue weighted by atomic mass is 10.1. The van der Waals surface area contributed by atoms with Crippen LogP contribution in [0.25, 0.3) is 0 Å². The fourth-order valence-electron chi connectivity index (χ4n) is 1.49. The number of hydrogen-bond donors (Lipinski definition) is 2. The lowest BCUT2D eigenvalue weighted by molar-refractivity contribution is 0.0850. The van der Waals surface area contributed by atoms with Crippen molar-refractivity contribution >= 4 is 21.8 Å². The Labute approximate surface area is 83.9 Å². The van der Waals surface area contributed by atoms with E-state index in [1.807, 2.05) is 13.0 Å². The maximum absolute atomic E-state index is 11.3. The SMILES string of the molecule is Cc1cc(Br)c2c(c1)C(=O)NC2O. The van der Waals surface area contributed by atoms with Gasteiger partial charge in [-0.05, 0) is 24.6 Å². The molecular formula is C9H8BrNO2. The second-order valence-corrected chi connectivity index (χ2v) is 3.94. The van der Waals surface area contributed by atoms with Crippen molar-refractivity contribution in [2.45, 2.75) is 13.2 Å². The van der Waals surface area contributed by atoms with Gasteiger partial charge in [-0.1, -0.05) is 15.9 Å². The number of aliphatic hydroxyl groups excluding tert-OH is 1. The Morgan fingerprint density at radius 1 is 1.54 bits per heavy atom. The molecule has 0 spiro atoms. The molecule has 2 rings (SSSR count). The van der Waals surface area contributed by atoms with E-state index in [2.05, 4.69) is 21.2 Å². The molecule has 0 saturated carbocycles. The third kappa shape index (κ3) is 1.26. The number of carbonyl (C=O) groups is 1. The van der Waals surface area contributed by atoms with Crippen LogP contribution in [0.2, 0.25) is 0 Å². The van der Waals surface area contributed by atoms with Gasteiger partial charge in [0.1, 0.15) is 0 Å². The van der Waals surface area contributed by atoms with Gasteiger partial charge < -0.3 is 10.4 Å². The number of fused-ring (bicyclic) bond motifs is 1. The second-order valence-electron chi connectivity index (χ2n) is 3.08. The highest BCUT2D eigenvalue weighted by Gasteiger charge is 2.28. The minimum absolute atomic E-state index is 0.216. The van der Waals surface area contributed by atoms with Crippen LogP contribution in [0, 0.1) is 6.92 Å². The van der Waals surface area contributed by atoms with Crippen LogP contribution in [0.15, 0.2) is 16.6 Å². The van der Waals surface area contributed by atoms with Gasteiger partial charge >= 0.3 is 0 Å². The molecule has 1 aliphatic heterocycles. The molecule has 1 aromatic carbocycles. The Morgan fingerprint density at radius 3 is 2.92 bits per heavy atom. The van der Waals surface area contributed by atoms with Gasteiger partial charge in [0.25, 0.3) is 5.91 Å². The van der Waals surface area contributed by atoms with Crippen molar-refractivity contribution in [1.82, 2.24) is 5.32 Å². The van der Waals surface area contributed by atoms with Crippen molar-refractivity contribution in [3.8, 4) is 0 Å². The van der Waals surface area contributed by atoms with E-state index in [9.17, 15) is 9.90 Å². The van der Waals surface area contributed by atoms with Crippen LogP contribution >= 0.6 is 15.9 Å². The number of hydrogen-bond acceptors (Lipinski definition) is 2. The molecule has 4 heteroatoms. The summed E-state index contributed by atoms with van der Waals surface area (Å²) in [5.41, 5.74) is 2.19. The van der Waals surface area contributed by atoms with Gasteiger partial charge in [-0.15, -0.1) is 0 Å². The molecule has 1 amide bonds. The van der Waals surface area contributed by atoms with Crippen molar-refractivity contribution < 1.29 is 9.90 Å². The molecule has 13 heavy (non-hydrogen) atoms. The molecule has 1 heterocycles. The predicted molar refractivity (Wildman–Crippen MR) is 51.3 cm³/mol. The molecule has 0 bridgehead atoms. The zero-order chi connectivity index (χ0) is 9.59. The van der Waals surface area contributed by atoms with Crippen LogP contribution < -0.4 is 5.32 Å². The highest BCUT2D eigenvalue weighted by atomic mass is 79.9. The Bertz CT molecular complexity index is 389. The Balaban J connectivity index is 2.69. The smallest absolute Gasteiger partial charge is 0.254 e. The first-order chi connectivity index (χ1) is 6.09. The lowest BCUT2D eigenvalue weighted by Crippen LogP contribution is -2.18. The van der Waals surface area contributed by atoms with Gasteiger partial charge in [0.2, 0.25) is 0 Å². The van der Waals surface area contributed by atoms with Gasteiger partial charge in [0.05, 0.1) is 0 Å². The molecule has 3 nitrogen and oxygen atoms in total. The van der Waals surface area contributed by atoms with Gasteiger partial charge in [0, 0.05) is 15.6 Å². The Hall–Kier alpha value is -0.870. The van der Waals surface area contributed by atoms with Crippen molar-refractivity contribution in [1.29, 1.82) is 0 Å². The van der Waals surface area contributed by atoms with Gasteiger partial charge in [0.15, 0.2) is 6.23 Å². The normalized spacial score (nSPS) is 19.9. The van der Waals surface area contributed by atoms with Crippen LogP contribution in [-0.4, -0.2) is 11.0 Å². The number of nitrogens with one attached hydrogen (secondary N) is 1. The number of aryl methyl sites for hydroxylation is 1. The Morgan fingerprint density at radius 2 is 2.23 bits per heavy atom. The topological polar surface area (TPSA) is 49.3 Å². The van der Waals surface area contributed by atoms with Gasteiger partial charge in [-0.3, -0.25) is 4.79 Å². The van der Waals surface area contributed by atoms with E-state index in [1.54, 1.807) is 6.07 Å². The molecule has 0 aliphatic carbocycles. The largest absolute Gasteiger partial charge is 0.369 e. The number of halogens is 1. The zero-order valence-corrected chi connectivity index (χ0v) is 8.55. The Kier molecular flexibility index (Phi) is 1.89. The van der Waals surface area contributed by atoms with Crippen molar-refractivity contribution in [2.75, 3.05) is 0 Å². The standard InChI is InChI=1S/C9H8BrNO2/c1-4-2-5-7(6(10)3-4)9(13)11-8(5)12/h2-3,9,13H,1H3,(H,11,12). The van der Waals surface area contributed by atoms with Crippen molar-refractivity contribution in [3.63, 3.8) is 0 Å². The highest BCUT2D eigenvalue weighted by molar-refractivity contribution is 9.10. The molecule has 1 aromatic rings. The van der Waals surface area contributed by atoms with Gasteiger partial charge in [-0.25, -0.2) is 0 Å². The molecule has 2 N–H and O–H groups in total. The van der Waals surface area contributed by atoms with E-state index in [-0.39, 0.29) is 5.91 Å². The summed E-state index contributed by atoms with van der Waals surface area (Å²) in [5.74, 6) is -0.216. The summed E-state index contributed by atoms with van der Waals surface area (Å²) in [7, 11) is 0. The maximum atomic E-state index is 11.3. The monoisotopic (exact) mass is 241 g/mol. The summed E-state index contributed by atoms with van der Waals surface area (Å²) in [6.07, 6.45) is -0.877. The highest BCUT2D eigenvalue weighted by Crippen LogP contribution is 2.31. The van der Waals surface area contributed by atoms with E-state index in [1.165, 1.54) is 0 Å². The summed E-state index contributed by atoms with van der Waals surface area (Å²) in [5, 5.41) is 11.9. The quantitative estimate of drug-likeness (QED) is 0.724. The minimum Gasteiger partial charge on any atom is -0.369 e. The minimum atomic E-state index is -0.877. The van der Waals surface area contributed by atoms with E-state index < -0.39 is 6.23 Å². The summed E-state index contributed by atoms with van der Waals surface area (Å²) in [4.78, 5) is 11.3. The first-order valence-corrected chi connectivity index (χ1v) is 4.68. The molecule has 0 aromatic heterocycles. The maximum Gasteiger partial charge on any atom is 0.254 e. The van der Waals surface area contributed by atoms with Crippen LogP contribution in [0.3, 0.4) is 0 Å². The lowest BCUT2D eigenvalue weighted by Gasteiger charge is -2.05. The average molecular weight is 242 g/mol. The number of rotatable bonds is 0. The number of amides is 1. The first-order valence-electron chi connectivity index (χ1n) is 3.88. The molecule has 1 aliphatic rings. The van der Waals surface area contributed by atoms with E-state index in [4.69, 9.17) is 0 Å². The predicted octanol–water partition coefficient (Wildman–Crippen LogP) is 1.49. The molecule has 1 atom stereocenters. The fourth-order valence-corrected chi connectivity index (χ4v) is 2.28. The van der Waals surface area contributed by atoms with Crippen LogP contribution in [0.1, 0.15) is 27.7 Å². The number of carbonyl (C=O) groups excluding carboxylic acids is 1. The van der Waals surface area contributed by atoms with Crippen LogP contribution in [-0.2, 0) is 0 Å². The van der Waals surface area contributed by atoms with Gasteiger partial charge in [-0.2, -0.15) is 0 Å². The van der Waals surface area contributed by atoms with E-state index in [0.29, 0.717) is 11.1 Å². The van der Waals surface area contributed by atoms with Crippen LogP contribution in [0.4, 0.5) is 0 Å². The molecule has 0 fully saturated rings. The molecule has 0 saturated heterocycles. The summed E-state index contributed by atoms with van der Waals surface area (Å²) >= 11 is 3.31. The van der Waals surface area contributed by atoms with Crippen LogP contribution in [0.5, 0.6) is 0 Å². The van der Waals surface area contributed by atoms with E-state index >= 15 is 0 Å². The summed E-state index contributed by atoms with van der Waals surface area (Å²) < 4.78 is 0.772.